The zero-order chi connectivity index (χ0) is 29.0. The zero-order valence-corrected chi connectivity index (χ0v) is 30.2. The van der Waals surface area contributed by atoms with Crippen molar-refractivity contribution in [1.29, 1.82) is 0 Å². The van der Waals surface area contributed by atoms with E-state index in [4.69, 9.17) is 8.83 Å². The molecule has 0 aliphatic rings. The smallest absolute Gasteiger partial charge is 1.00 e. The number of hydrogen-bond acceptors (Lipinski definition) is 2. The SMILES string of the molecule is [Cl-].[Cl-].[Hf+4].c1coc(-c2cc3c4ccccc4c4ccccc4c3[cH-]2)c1.c1coc(-c2cc3c4ccccc4c4ccccc4c3[cH-]2)c1. The van der Waals surface area contributed by atoms with E-state index in [-0.39, 0.29) is 50.7 Å². The van der Waals surface area contributed by atoms with Gasteiger partial charge in [0, 0.05) is 0 Å². The Bertz CT molecular complexity index is 2280. The van der Waals surface area contributed by atoms with E-state index in [1.807, 2.05) is 24.3 Å². The third-order valence-electron chi connectivity index (χ3n) is 8.84. The largest absolute Gasteiger partial charge is 4.00 e. The Balaban J connectivity index is 0.000000155. The van der Waals surface area contributed by atoms with Crippen molar-refractivity contribution >= 4 is 64.6 Å². The Kier molecular flexibility index (Phi) is 9.25. The van der Waals surface area contributed by atoms with Gasteiger partial charge in [0.05, 0.1) is 24.0 Å². The van der Waals surface area contributed by atoms with Gasteiger partial charge >= 0.3 is 25.8 Å². The average Bonchev–Trinajstić information content (AvgIpc) is 3.92. The van der Waals surface area contributed by atoms with E-state index in [0.29, 0.717) is 0 Å². The van der Waals surface area contributed by atoms with Crippen LogP contribution in [0.15, 0.2) is 167 Å². The molecule has 0 bridgehead atoms. The molecule has 0 aliphatic carbocycles. The van der Waals surface area contributed by atoms with E-state index in [2.05, 4.69) is 121 Å². The van der Waals surface area contributed by atoms with Crippen LogP contribution in [-0.4, -0.2) is 0 Å². The average molecular weight is 812 g/mol. The summed E-state index contributed by atoms with van der Waals surface area (Å²) in [5.41, 5.74) is 2.28. The molecule has 2 aromatic heterocycles. The van der Waals surface area contributed by atoms with Gasteiger partial charge in [0.1, 0.15) is 0 Å². The predicted molar refractivity (Wildman–Crippen MR) is 185 cm³/mol. The molecule has 47 heavy (non-hydrogen) atoms. The predicted octanol–water partition coefficient (Wildman–Crippen LogP) is 6.26. The fourth-order valence-corrected chi connectivity index (χ4v) is 6.89. The van der Waals surface area contributed by atoms with E-state index in [9.17, 15) is 0 Å². The molecular weight excluding hydrogens is 786 g/mol. The van der Waals surface area contributed by atoms with Gasteiger partial charge in [-0.05, 0) is 33.7 Å². The van der Waals surface area contributed by atoms with Crippen molar-refractivity contribution < 1.29 is 59.5 Å². The van der Waals surface area contributed by atoms with Crippen molar-refractivity contribution in [2.75, 3.05) is 0 Å². The van der Waals surface area contributed by atoms with E-state index in [1.54, 1.807) is 12.5 Å². The molecule has 8 aromatic carbocycles. The minimum Gasteiger partial charge on any atom is -1.00 e. The van der Waals surface area contributed by atoms with E-state index in [1.165, 1.54) is 64.6 Å². The molecular formula is C42H26Cl2HfO2. The van der Waals surface area contributed by atoms with Gasteiger partial charge in [0.15, 0.2) is 0 Å². The Morgan fingerprint density at radius 3 is 0.957 bits per heavy atom. The van der Waals surface area contributed by atoms with E-state index >= 15 is 0 Å². The summed E-state index contributed by atoms with van der Waals surface area (Å²) in [6.45, 7) is 0. The van der Waals surface area contributed by atoms with Crippen LogP contribution in [-0.2, 0) is 25.8 Å². The van der Waals surface area contributed by atoms with Gasteiger partial charge < -0.3 is 33.6 Å². The second-order valence-corrected chi connectivity index (χ2v) is 11.3. The third kappa shape index (κ3) is 5.43. The van der Waals surface area contributed by atoms with Crippen molar-refractivity contribution in [3.05, 3.63) is 158 Å². The molecule has 10 rings (SSSR count). The molecule has 0 atom stereocenters. The molecule has 5 heteroatoms. The molecule has 0 fully saturated rings. The number of furan rings is 2. The molecule has 0 aliphatic heterocycles. The normalized spacial score (nSPS) is 10.9. The summed E-state index contributed by atoms with van der Waals surface area (Å²) in [7, 11) is 0. The van der Waals surface area contributed by atoms with Gasteiger partial charge in [-0.15, -0.1) is 45.8 Å². The summed E-state index contributed by atoms with van der Waals surface area (Å²) in [6.07, 6.45) is 3.45. The van der Waals surface area contributed by atoms with Gasteiger partial charge in [-0.1, -0.05) is 142 Å². The maximum absolute atomic E-state index is 5.57. The summed E-state index contributed by atoms with van der Waals surface area (Å²) >= 11 is 0. The molecule has 0 amide bonds. The Morgan fingerprint density at radius 1 is 0.340 bits per heavy atom. The number of rotatable bonds is 2. The van der Waals surface area contributed by atoms with Crippen molar-refractivity contribution in [1.82, 2.24) is 0 Å². The number of hydrogen-bond donors (Lipinski definition) is 0. The molecule has 0 spiro atoms. The van der Waals surface area contributed by atoms with Crippen LogP contribution in [0.4, 0.5) is 0 Å². The molecule has 2 heterocycles. The summed E-state index contributed by atoms with van der Waals surface area (Å²) in [6, 6.07) is 51.3. The molecule has 2 nitrogen and oxygen atoms in total. The van der Waals surface area contributed by atoms with Gasteiger partial charge in [0.2, 0.25) is 0 Å². The quantitative estimate of drug-likeness (QED) is 0.117. The Morgan fingerprint density at radius 2 is 0.638 bits per heavy atom. The first-order valence-corrected chi connectivity index (χ1v) is 14.9. The maximum atomic E-state index is 5.57. The van der Waals surface area contributed by atoms with Gasteiger partial charge in [-0.3, -0.25) is 0 Å². The topological polar surface area (TPSA) is 26.3 Å². The van der Waals surface area contributed by atoms with Crippen molar-refractivity contribution in [3.8, 4) is 22.6 Å². The van der Waals surface area contributed by atoms with Gasteiger partial charge in [0.25, 0.3) is 0 Å². The zero-order valence-electron chi connectivity index (χ0n) is 25.1. The van der Waals surface area contributed by atoms with Crippen molar-refractivity contribution in [3.63, 3.8) is 0 Å². The maximum Gasteiger partial charge on any atom is 4.00 e. The first kappa shape index (κ1) is 32.5. The first-order valence-electron chi connectivity index (χ1n) is 14.9. The van der Waals surface area contributed by atoms with Crippen LogP contribution in [0.3, 0.4) is 0 Å². The summed E-state index contributed by atoms with van der Waals surface area (Å²) in [5, 5.41) is 15.6. The van der Waals surface area contributed by atoms with E-state index in [0.717, 1.165) is 22.6 Å². The van der Waals surface area contributed by atoms with Crippen LogP contribution in [0.25, 0.3) is 87.3 Å². The Labute approximate surface area is 302 Å². The Hall–Kier alpha value is -4.41. The molecule has 10 aromatic rings. The van der Waals surface area contributed by atoms with Crippen LogP contribution in [0.1, 0.15) is 0 Å². The summed E-state index contributed by atoms with van der Waals surface area (Å²) in [4.78, 5) is 0. The summed E-state index contributed by atoms with van der Waals surface area (Å²) in [5.74, 6) is 1.84. The molecule has 0 N–H and O–H groups in total. The van der Waals surface area contributed by atoms with E-state index < -0.39 is 0 Å². The standard InChI is InChI=1S/2C21H13O.2ClH.Hf/c2*1-3-8-17-15(6-1)16-7-2-4-9-18(16)20-13-14(12-19(17)20)21-10-5-11-22-21;;;/h2*1-13H;2*1H;/q2*-1;;;+4/p-2. The molecule has 224 valence electrons. The molecule has 0 saturated heterocycles. The molecule has 0 radical (unpaired) electrons. The number of benzene rings is 6. The second kappa shape index (κ2) is 13.4. The second-order valence-electron chi connectivity index (χ2n) is 11.3. The first-order chi connectivity index (χ1) is 21.8. The third-order valence-corrected chi connectivity index (χ3v) is 8.84. The molecule has 0 unspecified atom stereocenters. The minimum absolute atomic E-state index is 0. The van der Waals surface area contributed by atoms with Gasteiger partial charge in [-0.25, -0.2) is 0 Å². The van der Waals surface area contributed by atoms with Crippen LogP contribution in [0, 0.1) is 0 Å². The van der Waals surface area contributed by atoms with Gasteiger partial charge in [-0.2, -0.15) is 0 Å². The van der Waals surface area contributed by atoms with Crippen LogP contribution >= 0.6 is 0 Å². The van der Waals surface area contributed by atoms with Crippen LogP contribution < -0.4 is 24.8 Å². The fourth-order valence-electron chi connectivity index (χ4n) is 6.89. The summed E-state index contributed by atoms with van der Waals surface area (Å²) < 4.78 is 11.1. The monoisotopic (exact) mass is 812 g/mol. The number of halogens is 2. The van der Waals surface area contributed by atoms with Crippen LogP contribution in [0.5, 0.6) is 0 Å². The fraction of sp³-hybridized carbons (Fsp3) is 0. The van der Waals surface area contributed by atoms with Crippen molar-refractivity contribution in [2.24, 2.45) is 0 Å². The molecule has 0 saturated carbocycles. The number of fused-ring (bicyclic) bond motifs is 12. The van der Waals surface area contributed by atoms with Crippen LogP contribution in [0.2, 0.25) is 0 Å². The minimum atomic E-state index is 0. The van der Waals surface area contributed by atoms with Crippen molar-refractivity contribution in [2.45, 2.75) is 0 Å².